The summed E-state index contributed by atoms with van der Waals surface area (Å²) in [6.45, 7) is 0. The second-order valence-corrected chi connectivity index (χ2v) is 7.72. The number of ketones is 1. The summed E-state index contributed by atoms with van der Waals surface area (Å²) in [4.78, 5) is 37.9. The average molecular weight is 484 g/mol. The molecule has 0 saturated carbocycles. The molecule has 0 unspecified atom stereocenters. The smallest absolute Gasteiger partial charge is 0.283 e. The SMILES string of the molecule is [Cl-].[NH3+][C@@H](CS)C(=O)Nc1ccc(NC(=O)CCc2ccccc2)c(C(=O)c2ccccc2)c1. The van der Waals surface area contributed by atoms with Crippen molar-refractivity contribution in [3.63, 3.8) is 0 Å². The van der Waals surface area contributed by atoms with Gasteiger partial charge in [0.15, 0.2) is 11.8 Å². The van der Waals surface area contributed by atoms with Crippen LogP contribution in [0, 0.1) is 0 Å². The lowest BCUT2D eigenvalue weighted by molar-refractivity contribution is -0.395. The van der Waals surface area contributed by atoms with Crippen molar-refractivity contribution < 1.29 is 32.5 Å². The first-order valence-electron chi connectivity index (χ1n) is 10.3. The van der Waals surface area contributed by atoms with E-state index in [9.17, 15) is 14.4 Å². The normalized spacial score (nSPS) is 11.1. The summed E-state index contributed by atoms with van der Waals surface area (Å²) in [5, 5.41) is 5.60. The summed E-state index contributed by atoms with van der Waals surface area (Å²) in [5.41, 5.74) is 6.45. The first kappa shape index (κ1) is 26.1. The zero-order valence-electron chi connectivity index (χ0n) is 18.0. The van der Waals surface area contributed by atoms with Gasteiger partial charge >= 0.3 is 0 Å². The van der Waals surface area contributed by atoms with Crippen LogP contribution in [0.1, 0.15) is 27.9 Å². The second-order valence-electron chi connectivity index (χ2n) is 7.36. The molecule has 0 radical (unpaired) electrons. The van der Waals surface area contributed by atoms with Crippen LogP contribution in [-0.2, 0) is 16.0 Å². The Morgan fingerprint density at radius 3 is 2.15 bits per heavy atom. The number of carbonyl (C=O) groups is 3. The fourth-order valence-corrected chi connectivity index (χ4v) is 3.27. The molecule has 0 saturated heterocycles. The van der Waals surface area contributed by atoms with Crippen molar-refractivity contribution in [2.45, 2.75) is 18.9 Å². The van der Waals surface area contributed by atoms with Crippen molar-refractivity contribution in [2.24, 2.45) is 0 Å². The molecule has 0 spiro atoms. The van der Waals surface area contributed by atoms with E-state index in [4.69, 9.17) is 0 Å². The molecule has 3 rings (SSSR count). The Morgan fingerprint density at radius 2 is 1.52 bits per heavy atom. The molecule has 6 nitrogen and oxygen atoms in total. The number of anilines is 2. The van der Waals surface area contributed by atoms with E-state index in [1.54, 1.807) is 42.5 Å². The molecule has 0 bridgehead atoms. The Labute approximate surface area is 204 Å². The number of hydrogen-bond donors (Lipinski definition) is 4. The molecule has 3 aromatic carbocycles. The Kier molecular flexibility index (Phi) is 10.1. The third kappa shape index (κ3) is 7.46. The molecule has 8 heteroatoms. The highest BCUT2D eigenvalue weighted by Crippen LogP contribution is 2.24. The van der Waals surface area contributed by atoms with Crippen LogP contribution in [0.25, 0.3) is 0 Å². The standard InChI is InChI=1S/C25H25N3O3S.ClH/c26-21(16-32)25(31)27-19-12-13-22(20(15-19)24(30)18-9-5-2-6-10-18)28-23(29)14-11-17-7-3-1-4-8-17;/h1-10,12-13,15,21,32H,11,14,16,26H2,(H,27,31)(H,28,29);1H/t21-;/m0./s1. The lowest BCUT2D eigenvalue weighted by Gasteiger charge is -2.14. The number of nitrogens with one attached hydrogen (secondary N) is 2. The van der Waals surface area contributed by atoms with E-state index in [2.05, 4.69) is 29.0 Å². The van der Waals surface area contributed by atoms with Crippen molar-refractivity contribution in [3.05, 3.63) is 95.6 Å². The molecule has 1 atom stereocenters. The largest absolute Gasteiger partial charge is 1.00 e. The molecule has 172 valence electrons. The zero-order chi connectivity index (χ0) is 22.9. The second kappa shape index (κ2) is 12.8. The van der Waals surface area contributed by atoms with E-state index >= 15 is 0 Å². The maximum Gasteiger partial charge on any atom is 0.283 e. The summed E-state index contributed by atoms with van der Waals surface area (Å²) in [7, 11) is 0. The van der Waals surface area contributed by atoms with Crippen molar-refractivity contribution in [1.82, 2.24) is 0 Å². The summed E-state index contributed by atoms with van der Waals surface area (Å²) < 4.78 is 0. The molecule has 0 aliphatic carbocycles. The monoisotopic (exact) mass is 483 g/mol. The molecule has 3 aromatic rings. The minimum atomic E-state index is -0.524. The minimum absolute atomic E-state index is 0. The highest BCUT2D eigenvalue weighted by molar-refractivity contribution is 7.80. The van der Waals surface area contributed by atoms with Gasteiger partial charge in [-0.3, -0.25) is 14.4 Å². The molecule has 5 N–H and O–H groups in total. The van der Waals surface area contributed by atoms with Gasteiger partial charge in [-0.1, -0.05) is 60.7 Å². The molecule has 0 heterocycles. The molecule has 0 aromatic heterocycles. The number of quaternary nitrogens is 1. The van der Waals surface area contributed by atoms with Crippen molar-refractivity contribution in [1.29, 1.82) is 0 Å². The summed E-state index contributed by atoms with van der Waals surface area (Å²) in [6, 6.07) is 22.9. The van der Waals surface area contributed by atoms with Crippen LogP contribution in [0.15, 0.2) is 78.9 Å². The highest BCUT2D eigenvalue weighted by Gasteiger charge is 2.19. The van der Waals surface area contributed by atoms with Gasteiger partial charge in [0.2, 0.25) is 5.91 Å². The van der Waals surface area contributed by atoms with Crippen LogP contribution in [0.5, 0.6) is 0 Å². The lowest BCUT2D eigenvalue weighted by atomic mass is 10.0. The van der Waals surface area contributed by atoms with Gasteiger partial charge in [0.1, 0.15) is 0 Å². The summed E-state index contributed by atoms with van der Waals surface area (Å²) in [6.07, 6.45) is 0.879. The van der Waals surface area contributed by atoms with Gasteiger partial charge < -0.3 is 28.8 Å². The van der Waals surface area contributed by atoms with Crippen molar-refractivity contribution in [2.75, 3.05) is 16.4 Å². The molecule has 0 aliphatic heterocycles. The van der Waals surface area contributed by atoms with Crippen LogP contribution in [0.4, 0.5) is 11.4 Å². The Bertz CT molecular complexity index is 1090. The van der Waals surface area contributed by atoms with Gasteiger partial charge in [0.25, 0.3) is 5.91 Å². The fourth-order valence-electron chi connectivity index (χ4n) is 3.11. The van der Waals surface area contributed by atoms with Crippen LogP contribution in [0.3, 0.4) is 0 Å². The third-order valence-electron chi connectivity index (χ3n) is 4.92. The van der Waals surface area contributed by atoms with Gasteiger partial charge in [0, 0.05) is 23.2 Å². The molecular weight excluding hydrogens is 458 g/mol. The molecule has 2 amide bonds. The van der Waals surface area contributed by atoms with Crippen LogP contribution >= 0.6 is 12.6 Å². The van der Waals surface area contributed by atoms with Gasteiger partial charge in [-0.25, -0.2) is 0 Å². The van der Waals surface area contributed by atoms with E-state index in [1.165, 1.54) is 0 Å². The third-order valence-corrected chi connectivity index (χ3v) is 5.36. The molecular formula is C25H26ClN3O3S. The van der Waals surface area contributed by atoms with E-state index in [-0.39, 0.29) is 36.4 Å². The van der Waals surface area contributed by atoms with Crippen LogP contribution in [0.2, 0.25) is 0 Å². The highest BCUT2D eigenvalue weighted by atomic mass is 35.5. The van der Waals surface area contributed by atoms with E-state index in [0.717, 1.165) is 5.56 Å². The molecule has 0 aliphatic rings. The zero-order valence-corrected chi connectivity index (χ0v) is 19.6. The maximum absolute atomic E-state index is 13.2. The van der Waals surface area contributed by atoms with E-state index in [0.29, 0.717) is 34.7 Å². The first-order valence-corrected chi connectivity index (χ1v) is 10.9. The number of halogens is 1. The van der Waals surface area contributed by atoms with E-state index in [1.807, 2.05) is 36.4 Å². The van der Waals surface area contributed by atoms with Gasteiger partial charge in [-0.15, -0.1) is 0 Å². The lowest BCUT2D eigenvalue weighted by Crippen LogP contribution is -3.00. The predicted octanol–water partition coefficient (Wildman–Crippen LogP) is -0.0283. The average Bonchev–Trinajstić information content (AvgIpc) is 2.83. The topological polar surface area (TPSA) is 103 Å². The Morgan fingerprint density at radius 1 is 0.879 bits per heavy atom. The van der Waals surface area contributed by atoms with Gasteiger partial charge in [-0.05, 0) is 30.2 Å². The molecule has 0 fully saturated rings. The Hall–Kier alpha value is -3.13. The summed E-state index contributed by atoms with van der Waals surface area (Å²) in [5.74, 6) is -0.434. The fraction of sp³-hybridized carbons (Fsp3) is 0.160. The van der Waals surface area contributed by atoms with Gasteiger partial charge in [0.05, 0.1) is 11.4 Å². The van der Waals surface area contributed by atoms with E-state index < -0.39 is 6.04 Å². The van der Waals surface area contributed by atoms with Crippen molar-refractivity contribution in [3.8, 4) is 0 Å². The quantitative estimate of drug-likeness (QED) is 0.254. The van der Waals surface area contributed by atoms with Crippen LogP contribution < -0.4 is 28.8 Å². The number of carbonyl (C=O) groups excluding carboxylic acids is 3. The maximum atomic E-state index is 13.2. The Balaban J connectivity index is 0.00000385. The number of aryl methyl sites for hydroxylation is 1. The number of rotatable bonds is 9. The first-order chi connectivity index (χ1) is 15.5. The number of amides is 2. The minimum Gasteiger partial charge on any atom is -1.00 e. The predicted molar refractivity (Wildman–Crippen MR) is 129 cm³/mol. The van der Waals surface area contributed by atoms with Crippen molar-refractivity contribution >= 4 is 41.6 Å². The number of hydrogen-bond acceptors (Lipinski definition) is 4. The van der Waals surface area contributed by atoms with Crippen LogP contribution in [-0.4, -0.2) is 29.4 Å². The number of benzene rings is 3. The van der Waals surface area contributed by atoms with Gasteiger partial charge in [-0.2, -0.15) is 12.6 Å². The number of thiol groups is 1. The molecule has 33 heavy (non-hydrogen) atoms. The summed E-state index contributed by atoms with van der Waals surface area (Å²) >= 11 is 4.10.